The van der Waals surface area contributed by atoms with Crippen LogP contribution in [0.5, 0.6) is 0 Å². The lowest BCUT2D eigenvalue weighted by Crippen LogP contribution is -2.42. The van der Waals surface area contributed by atoms with E-state index in [9.17, 15) is 13.2 Å². The number of nitrogens with one attached hydrogen (secondary N) is 1. The molecule has 7 heteroatoms. The third-order valence-corrected chi connectivity index (χ3v) is 3.42. The number of carbonyl (C=O) groups excluding carboxylic acids is 1. The zero-order valence-corrected chi connectivity index (χ0v) is 12.7. The van der Waals surface area contributed by atoms with E-state index in [1.54, 1.807) is 20.8 Å². The second kappa shape index (κ2) is 6.09. The first-order valence-corrected chi connectivity index (χ1v) is 8.22. The Morgan fingerprint density at radius 3 is 2.47 bits per heavy atom. The summed E-state index contributed by atoms with van der Waals surface area (Å²) in [6.07, 6.45) is 3.16. The minimum absolute atomic E-state index is 0.0160. The molecule has 0 heterocycles. The van der Waals surface area contributed by atoms with E-state index in [1.165, 1.54) is 0 Å². The first-order chi connectivity index (χ1) is 8.57. The molecule has 1 saturated carbocycles. The van der Waals surface area contributed by atoms with Crippen LogP contribution in [-0.4, -0.2) is 39.0 Å². The molecule has 2 atom stereocenters. The summed E-state index contributed by atoms with van der Waals surface area (Å²) >= 11 is 0. The molecule has 0 saturated heterocycles. The van der Waals surface area contributed by atoms with Gasteiger partial charge >= 0.3 is 6.09 Å². The topological polar surface area (TPSA) is 81.7 Å². The molecule has 1 N–H and O–H groups in total. The minimum atomic E-state index is -3.44. The number of amides is 1. The quantitative estimate of drug-likeness (QED) is 0.797. The van der Waals surface area contributed by atoms with E-state index in [1.807, 2.05) is 0 Å². The Bertz CT molecular complexity index is 412. The van der Waals surface area contributed by atoms with Crippen molar-refractivity contribution in [3.05, 3.63) is 0 Å². The van der Waals surface area contributed by atoms with Crippen molar-refractivity contribution in [2.45, 2.75) is 51.7 Å². The summed E-state index contributed by atoms with van der Waals surface area (Å²) in [6.45, 7) is 5.50. The highest BCUT2D eigenvalue weighted by molar-refractivity contribution is 7.85. The van der Waals surface area contributed by atoms with Crippen molar-refractivity contribution in [2.75, 3.05) is 12.9 Å². The van der Waals surface area contributed by atoms with Gasteiger partial charge < -0.3 is 10.1 Å². The largest absolute Gasteiger partial charge is 0.444 e. The van der Waals surface area contributed by atoms with Gasteiger partial charge in [0.25, 0.3) is 10.1 Å². The van der Waals surface area contributed by atoms with Crippen LogP contribution >= 0.6 is 0 Å². The molecule has 0 unspecified atom stereocenters. The summed E-state index contributed by atoms with van der Waals surface area (Å²) in [7, 11) is -3.44. The van der Waals surface area contributed by atoms with Crippen molar-refractivity contribution >= 4 is 16.2 Å². The Labute approximate surface area is 115 Å². The molecule has 0 aliphatic heterocycles. The molecule has 1 aliphatic rings. The van der Waals surface area contributed by atoms with Gasteiger partial charge in [-0.05, 0) is 33.6 Å². The van der Waals surface area contributed by atoms with E-state index in [0.29, 0.717) is 0 Å². The smallest absolute Gasteiger partial charge is 0.407 e. The highest BCUT2D eigenvalue weighted by Crippen LogP contribution is 2.26. The molecule has 0 aromatic rings. The number of rotatable bonds is 4. The van der Waals surface area contributed by atoms with Gasteiger partial charge in [0, 0.05) is 12.0 Å². The van der Waals surface area contributed by atoms with Crippen LogP contribution in [0.15, 0.2) is 0 Å². The van der Waals surface area contributed by atoms with Crippen molar-refractivity contribution < 1.29 is 22.1 Å². The summed E-state index contributed by atoms with van der Waals surface area (Å²) < 4.78 is 31.9. The fraction of sp³-hybridized carbons (Fsp3) is 0.917. The van der Waals surface area contributed by atoms with Gasteiger partial charge in [-0.3, -0.25) is 4.18 Å². The van der Waals surface area contributed by atoms with Crippen LogP contribution < -0.4 is 5.32 Å². The monoisotopic (exact) mass is 293 g/mol. The van der Waals surface area contributed by atoms with Gasteiger partial charge in [-0.1, -0.05) is 6.42 Å². The van der Waals surface area contributed by atoms with Crippen LogP contribution in [0, 0.1) is 5.92 Å². The Kier molecular flexibility index (Phi) is 5.20. The Balaban J connectivity index is 2.46. The van der Waals surface area contributed by atoms with Gasteiger partial charge in [-0.2, -0.15) is 8.42 Å². The van der Waals surface area contributed by atoms with Crippen LogP contribution in [0.4, 0.5) is 4.79 Å². The van der Waals surface area contributed by atoms with E-state index >= 15 is 0 Å². The number of ether oxygens (including phenoxy) is 1. The van der Waals surface area contributed by atoms with E-state index < -0.39 is 21.8 Å². The van der Waals surface area contributed by atoms with E-state index in [2.05, 4.69) is 5.32 Å². The summed E-state index contributed by atoms with van der Waals surface area (Å²) in [4.78, 5) is 11.7. The molecular weight excluding hydrogens is 270 g/mol. The minimum Gasteiger partial charge on any atom is -0.444 e. The SMILES string of the molecule is CC(C)(C)OC(=O)N[C@@H]1CCC[C@H]1COS(C)(=O)=O. The standard InChI is InChI=1S/C12H23NO5S/c1-12(2,3)18-11(14)13-10-7-5-6-9(10)8-17-19(4,15)16/h9-10H,5-8H2,1-4H3,(H,13,14)/t9-,10+/m0/s1. The van der Waals surface area contributed by atoms with Crippen LogP contribution in [0.1, 0.15) is 40.0 Å². The molecule has 1 fully saturated rings. The van der Waals surface area contributed by atoms with Crippen molar-refractivity contribution in [3.8, 4) is 0 Å². The normalized spacial score (nSPS) is 24.2. The van der Waals surface area contributed by atoms with Crippen LogP contribution in [0.3, 0.4) is 0 Å². The van der Waals surface area contributed by atoms with Crippen molar-refractivity contribution in [1.82, 2.24) is 5.32 Å². The first-order valence-electron chi connectivity index (χ1n) is 6.41. The summed E-state index contributed by atoms with van der Waals surface area (Å²) in [5.41, 5.74) is -0.540. The van der Waals surface area contributed by atoms with Gasteiger partial charge in [-0.15, -0.1) is 0 Å². The number of hydrogen-bond donors (Lipinski definition) is 1. The van der Waals surface area contributed by atoms with E-state index in [0.717, 1.165) is 25.5 Å². The van der Waals surface area contributed by atoms with E-state index in [4.69, 9.17) is 8.92 Å². The molecular formula is C12H23NO5S. The molecule has 0 radical (unpaired) electrons. The van der Waals surface area contributed by atoms with Gasteiger partial charge in [0.2, 0.25) is 0 Å². The highest BCUT2D eigenvalue weighted by Gasteiger charge is 2.31. The maximum absolute atomic E-state index is 11.7. The summed E-state index contributed by atoms with van der Waals surface area (Å²) in [5, 5.41) is 2.79. The Morgan fingerprint density at radius 2 is 1.95 bits per heavy atom. The number of carbonyl (C=O) groups is 1. The molecule has 0 bridgehead atoms. The average molecular weight is 293 g/mol. The molecule has 0 aromatic carbocycles. The third-order valence-electron chi connectivity index (χ3n) is 2.86. The predicted octanol–water partition coefficient (Wildman–Crippen LogP) is 1.66. The van der Waals surface area contributed by atoms with Crippen LogP contribution in [0.2, 0.25) is 0 Å². The molecule has 1 rings (SSSR count). The van der Waals surface area contributed by atoms with Crippen molar-refractivity contribution in [1.29, 1.82) is 0 Å². The fourth-order valence-electron chi connectivity index (χ4n) is 2.10. The van der Waals surface area contributed by atoms with Crippen molar-refractivity contribution in [2.24, 2.45) is 5.92 Å². The van der Waals surface area contributed by atoms with Crippen LogP contribution in [0.25, 0.3) is 0 Å². The molecule has 1 aliphatic carbocycles. The van der Waals surface area contributed by atoms with Gasteiger partial charge in [0.1, 0.15) is 5.60 Å². The second-order valence-corrected chi connectivity index (χ2v) is 7.58. The van der Waals surface area contributed by atoms with E-state index in [-0.39, 0.29) is 18.6 Å². The molecule has 0 spiro atoms. The third kappa shape index (κ3) is 6.77. The molecule has 1 amide bonds. The Morgan fingerprint density at radius 1 is 1.32 bits per heavy atom. The lowest BCUT2D eigenvalue weighted by molar-refractivity contribution is 0.0486. The predicted molar refractivity (Wildman–Crippen MR) is 71.3 cm³/mol. The average Bonchev–Trinajstić information content (AvgIpc) is 2.57. The zero-order valence-electron chi connectivity index (χ0n) is 11.9. The number of alkyl carbamates (subject to hydrolysis) is 1. The molecule has 112 valence electrons. The second-order valence-electron chi connectivity index (χ2n) is 5.93. The molecule has 0 aromatic heterocycles. The summed E-state index contributed by atoms with van der Waals surface area (Å²) in [5.74, 6) is 0.0160. The first kappa shape index (κ1) is 16.2. The lowest BCUT2D eigenvalue weighted by Gasteiger charge is -2.24. The van der Waals surface area contributed by atoms with Crippen molar-refractivity contribution in [3.63, 3.8) is 0 Å². The molecule has 19 heavy (non-hydrogen) atoms. The fourth-order valence-corrected chi connectivity index (χ4v) is 2.52. The van der Waals surface area contributed by atoms with Gasteiger partial charge in [0.15, 0.2) is 0 Å². The maximum Gasteiger partial charge on any atom is 0.407 e. The van der Waals surface area contributed by atoms with Gasteiger partial charge in [-0.25, -0.2) is 4.79 Å². The Hall–Kier alpha value is -0.820. The zero-order chi connectivity index (χ0) is 14.7. The van der Waals surface area contributed by atoms with Crippen LogP contribution in [-0.2, 0) is 19.0 Å². The molecule has 6 nitrogen and oxygen atoms in total. The maximum atomic E-state index is 11.7. The number of hydrogen-bond acceptors (Lipinski definition) is 5. The summed E-state index contributed by atoms with van der Waals surface area (Å²) in [6, 6.07) is -0.0865. The highest BCUT2D eigenvalue weighted by atomic mass is 32.2. The van der Waals surface area contributed by atoms with Gasteiger partial charge in [0.05, 0.1) is 12.9 Å². The lowest BCUT2D eigenvalue weighted by atomic mass is 10.1.